The molecule has 15 unspecified atom stereocenters. The number of nitrogens with one attached hydrogen (secondary N) is 2. The molecule has 0 aliphatic heterocycles. The number of aromatic hydroxyl groups is 2. The molecule has 508 valence electrons. The fourth-order valence-corrected chi connectivity index (χ4v) is 5.31. The van der Waals surface area contributed by atoms with Crippen molar-refractivity contribution in [3.8, 4) is 11.5 Å². The third-order valence-corrected chi connectivity index (χ3v) is 10.8. The van der Waals surface area contributed by atoms with E-state index in [0.29, 0.717) is 25.0 Å². The molecule has 2 aromatic rings. The van der Waals surface area contributed by atoms with Gasteiger partial charge in [0.2, 0.25) is 17.7 Å². The molecule has 85 heavy (non-hydrogen) atoms. The van der Waals surface area contributed by atoms with E-state index >= 15 is 0 Å². The first-order valence-electron chi connectivity index (χ1n) is 27.5. The Kier molecular flexibility index (Phi) is 54.8. The lowest BCUT2D eigenvalue weighted by Crippen LogP contribution is -2.49. The molecule has 0 spiro atoms. The molecule has 29 nitrogen and oxygen atoms in total. The van der Waals surface area contributed by atoms with Crippen molar-refractivity contribution >= 4 is 47.4 Å². The number of primary amides is 1. The zero-order valence-corrected chi connectivity index (χ0v) is 51.6. The van der Waals surface area contributed by atoms with E-state index in [1.54, 1.807) is 98.7 Å². The molecule has 30 N–H and O–H groups in total. The Bertz CT molecular complexity index is 2120. The van der Waals surface area contributed by atoms with Crippen LogP contribution in [0.5, 0.6) is 11.5 Å². The van der Waals surface area contributed by atoms with Gasteiger partial charge in [-0.1, -0.05) is 31.2 Å². The first kappa shape index (κ1) is 89.7. The quantitative estimate of drug-likeness (QED) is 0.0610. The maximum Gasteiger partial charge on any atom is 0.309 e. The second-order valence-corrected chi connectivity index (χ2v) is 20.7. The minimum atomic E-state index is -1.17. The highest BCUT2D eigenvalue weighted by Gasteiger charge is 2.28. The van der Waals surface area contributed by atoms with Crippen molar-refractivity contribution in [2.75, 3.05) is 0 Å². The van der Waals surface area contributed by atoms with Crippen molar-refractivity contribution in [3.05, 3.63) is 59.7 Å². The maximum absolute atomic E-state index is 11.7. The van der Waals surface area contributed by atoms with Crippen LogP contribution in [0.1, 0.15) is 149 Å². The summed E-state index contributed by atoms with van der Waals surface area (Å²) in [7, 11) is 0. The van der Waals surface area contributed by atoms with E-state index in [1.807, 2.05) is 19.1 Å². The predicted octanol–water partition coefficient (Wildman–Crippen LogP) is 0.520. The Balaban J connectivity index is -0.0000000715. The third-order valence-electron chi connectivity index (χ3n) is 10.8. The smallest absolute Gasteiger partial charge is 0.309 e. The number of carboxylic acid groups (broad SMARTS) is 4. The van der Waals surface area contributed by atoms with Gasteiger partial charge in [-0.25, -0.2) is 0 Å². The molecule has 0 aliphatic rings. The molecule has 3 amide bonds. The molecule has 0 saturated heterocycles. The Morgan fingerprint density at radius 1 is 0.482 bits per heavy atom. The van der Waals surface area contributed by atoms with Crippen LogP contribution >= 0.6 is 0 Å². The summed E-state index contributed by atoms with van der Waals surface area (Å²) >= 11 is 0. The van der Waals surface area contributed by atoms with Crippen LogP contribution in [-0.4, -0.2) is 183 Å². The molecule has 0 heterocycles. The van der Waals surface area contributed by atoms with E-state index in [4.69, 9.17) is 97.6 Å². The van der Waals surface area contributed by atoms with Crippen LogP contribution in [-0.2, 0) is 51.2 Å². The SMILES string of the molecule is CC(CC(=O)O)NC(=O)C(N)C(C)O.CC(N)C(C)O.CC(N)CC(=O)O.CC(N)CC(N)=O.CC(N)CCC(=O)O.CC(N)Cc1ccc(O)cc1.CC(O)C(C)NC(=O)C(N)Cc1ccc(O)cc1.CCC(N)C(=O)CC(C(=O)O)C(C)O.[HH].[HH].[HH].[HH].[HH].[HH].[HH]. The van der Waals surface area contributed by atoms with Crippen molar-refractivity contribution in [3.63, 3.8) is 0 Å². The van der Waals surface area contributed by atoms with Gasteiger partial charge in [0.15, 0.2) is 0 Å². The Hall–Kier alpha value is -6.48. The Morgan fingerprint density at radius 3 is 1.14 bits per heavy atom. The average molecular weight is 1240 g/mol. The highest BCUT2D eigenvalue weighted by Crippen LogP contribution is 2.13. The maximum atomic E-state index is 11.7. The number of amides is 3. The number of aliphatic hydroxyl groups excluding tert-OH is 4. The average Bonchev–Trinajstić information content (AvgIpc) is 3.35. The number of benzene rings is 2. The van der Waals surface area contributed by atoms with E-state index in [2.05, 4.69) is 10.6 Å². The van der Waals surface area contributed by atoms with E-state index in [0.717, 1.165) is 17.5 Å². The lowest BCUT2D eigenvalue weighted by molar-refractivity contribution is -0.147. The summed E-state index contributed by atoms with van der Waals surface area (Å²) in [6.07, 6.45) is -0.552. The molecule has 2 rings (SSSR count). The molecule has 0 fully saturated rings. The molecule has 0 bridgehead atoms. The van der Waals surface area contributed by atoms with Crippen LogP contribution in [0.3, 0.4) is 0 Å². The number of carboxylic acids is 4. The van der Waals surface area contributed by atoms with Gasteiger partial charge in [-0.2, -0.15) is 0 Å². The second-order valence-electron chi connectivity index (χ2n) is 20.7. The highest BCUT2D eigenvalue weighted by molar-refractivity contribution is 5.88. The number of carbonyl (C=O) groups is 8. The van der Waals surface area contributed by atoms with Gasteiger partial charge in [0, 0.05) is 65.5 Å². The van der Waals surface area contributed by atoms with E-state index in [-0.39, 0.29) is 108 Å². The molecule has 0 radical (unpaired) electrons. The number of phenols is 2. The number of ketones is 1. The van der Waals surface area contributed by atoms with Gasteiger partial charge in [0.05, 0.1) is 61.3 Å². The van der Waals surface area contributed by atoms with Crippen LogP contribution in [0, 0.1) is 5.92 Å². The predicted molar refractivity (Wildman–Crippen MR) is 339 cm³/mol. The van der Waals surface area contributed by atoms with Gasteiger partial charge in [0.1, 0.15) is 23.3 Å². The lowest BCUT2D eigenvalue weighted by atomic mass is 9.94. The lowest BCUT2D eigenvalue weighted by Gasteiger charge is -2.19. The van der Waals surface area contributed by atoms with Gasteiger partial charge in [-0.15, -0.1) is 0 Å². The summed E-state index contributed by atoms with van der Waals surface area (Å²) in [4.78, 5) is 84.6. The molecular weight excluding hydrogens is 1110 g/mol. The number of aliphatic hydroxyl groups is 4. The number of hydrogen-bond donors (Lipinski definition) is 21. The molecule has 0 aliphatic carbocycles. The Morgan fingerprint density at radius 2 is 0.894 bits per heavy atom. The summed E-state index contributed by atoms with van der Waals surface area (Å²) in [5.74, 6) is -5.85. The molecule has 29 heteroatoms. The van der Waals surface area contributed by atoms with E-state index in [1.165, 1.54) is 13.8 Å². The van der Waals surface area contributed by atoms with Crippen LogP contribution in [0.2, 0.25) is 0 Å². The first-order chi connectivity index (χ1) is 38.8. The van der Waals surface area contributed by atoms with Crippen LogP contribution in [0.25, 0.3) is 0 Å². The zero-order valence-electron chi connectivity index (χ0n) is 51.6. The third kappa shape index (κ3) is 61.9. The summed E-state index contributed by atoms with van der Waals surface area (Å²) in [6.45, 7) is 20.0. The second kappa shape index (κ2) is 51.9. The van der Waals surface area contributed by atoms with Crippen molar-refractivity contribution in [2.24, 2.45) is 57.5 Å². The zero-order chi connectivity index (χ0) is 68.0. The first-order valence-corrected chi connectivity index (χ1v) is 27.5. The van der Waals surface area contributed by atoms with Gasteiger partial charge >= 0.3 is 23.9 Å². The number of Topliss-reactive ketones (excluding diaryl/α,β-unsaturated/α-hetero) is 1. The largest absolute Gasteiger partial charge is 0.508 e. The normalized spacial score (nSPS) is 15.5. The Labute approximate surface area is 510 Å². The summed E-state index contributed by atoms with van der Waals surface area (Å²) < 4.78 is 0. The number of rotatable bonds is 26. The summed E-state index contributed by atoms with van der Waals surface area (Å²) in [6, 6.07) is 10.3. The fourth-order valence-electron chi connectivity index (χ4n) is 5.31. The van der Waals surface area contributed by atoms with Gasteiger partial charge in [0.25, 0.3) is 0 Å². The minimum absolute atomic E-state index is 0. The molecular formula is C56H121N11O18. The van der Waals surface area contributed by atoms with Gasteiger partial charge in [-0.3, -0.25) is 38.4 Å². The minimum Gasteiger partial charge on any atom is -0.508 e. The summed E-state index contributed by atoms with van der Waals surface area (Å²) in [5, 5.41) is 92.2. The van der Waals surface area contributed by atoms with Crippen LogP contribution in [0.15, 0.2) is 48.5 Å². The van der Waals surface area contributed by atoms with E-state index in [9.17, 15) is 43.5 Å². The molecule has 0 saturated carbocycles. The van der Waals surface area contributed by atoms with Crippen LogP contribution in [0.4, 0.5) is 0 Å². The van der Waals surface area contributed by atoms with Crippen molar-refractivity contribution < 1.29 is 99.4 Å². The molecule has 2 aromatic carbocycles. The van der Waals surface area contributed by atoms with E-state index < -0.39 is 78.2 Å². The monoisotopic (exact) mass is 1240 g/mol. The summed E-state index contributed by atoms with van der Waals surface area (Å²) in [5.41, 5.74) is 49.7. The number of nitrogens with two attached hydrogens (primary N) is 9. The van der Waals surface area contributed by atoms with Crippen molar-refractivity contribution in [1.82, 2.24) is 10.6 Å². The number of carbonyl (C=O) groups excluding carboxylic acids is 4. The number of hydrogen-bond acceptors (Lipinski definition) is 22. The molecule has 0 aromatic heterocycles. The van der Waals surface area contributed by atoms with Gasteiger partial charge < -0.3 is 113 Å². The van der Waals surface area contributed by atoms with Crippen molar-refractivity contribution in [1.29, 1.82) is 0 Å². The highest BCUT2D eigenvalue weighted by atomic mass is 16.4. The van der Waals surface area contributed by atoms with Crippen molar-refractivity contribution in [2.45, 2.75) is 226 Å². The molecule has 15 atom stereocenters. The fraction of sp³-hybridized carbons (Fsp3) is 0.643. The standard InChI is InChI=1S/C13H20N2O3.C9H17NO4.C9H13NO.C8H16N2O4.C5H11NO2.C4H10N2O.C4H9NO2.C4H11NO.7H2/c1-8(9(2)16)15-13(18)12(14)7-10-3-5-11(17)6-4-10;1-3-7(10)8(12)4-6(5(2)11)9(13)14;1-7(10)6-8-2-4-9(11)5-3-8;1-4(3-6(12)13)10-8(14)7(9)5(2)11;1-4(6)2-3-5(7)8;2*1-3(5)2-4(6)7;1-3(5)4(2)6;;;;;;;/h3-6,8-9,12,16-17H,7,14H2,1-2H3,(H,15,18);5-7,11H,3-4,10H2,1-2H3,(H,13,14);2-5,7,11H,6,10H2,1H3;4-5,7,11H,3,9H2,1-2H3,(H,10,14)(H,12,13);4H,2-3,6H2,1H3,(H,7,8);3H,2,5H2,1H3,(H2,6,7);3H,2,5H2,1H3,(H,6,7);3-4,6H,5H2,1-2H3;7*1H. The topological polar surface area (TPSA) is 597 Å². The number of phenolic OH excluding ortho intramolecular Hbond substituents is 2. The van der Waals surface area contributed by atoms with Gasteiger partial charge in [-0.05, 0) is 137 Å². The number of aliphatic carboxylic acids is 4. The van der Waals surface area contributed by atoms with Crippen LogP contribution < -0.4 is 62.2 Å².